The first-order valence-electron chi connectivity index (χ1n) is 2.43. The Morgan fingerprint density at radius 2 is 2.67 bits per heavy atom. The molecule has 0 amide bonds. The lowest BCUT2D eigenvalue weighted by Gasteiger charge is -1.65. The third-order valence-electron chi connectivity index (χ3n) is 0.390. The SMILES string of the molecule is [2H]/C(C=O)=C\CC. The van der Waals surface area contributed by atoms with Gasteiger partial charge < -0.3 is 0 Å². The van der Waals surface area contributed by atoms with Crippen LogP contribution in [0.3, 0.4) is 0 Å². The fourth-order valence-corrected chi connectivity index (χ4v) is 0.166. The molecule has 1 heteroatoms. The molecule has 0 spiro atoms. The quantitative estimate of drug-likeness (QED) is 0.363. The van der Waals surface area contributed by atoms with E-state index in [1.54, 1.807) is 6.08 Å². The zero-order valence-corrected chi connectivity index (χ0v) is 3.77. The van der Waals surface area contributed by atoms with Crippen LogP contribution in [0.5, 0.6) is 0 Å². The van der Waals surface area contributed by atoms with E-state index < -0.39 is 0 Å². The van der Waals surface area contributed by atoms with Gasteiger partial charge in [0.05, 0.1) is 1.37 Å². The van der Waals surface area contributed by atoms with Gasteiger partial charge in [-0.1, -0.05) is 13.0 Å². The van der Waals surface area contributed by atoms with Gasteiger partial charge in [0.1, 0.15) is 6.29 Å². The van der Waals surface area contributed by atoms with Crippen molar-refractivity contribution < 1.29 is 6.17 Å². The summed E-state index contributed by atoms with van der Waals surface area (Å²) in [6.45, 7) is 1.89. The van der Waals surface area contributed by atoms with Crippen molar-refractivity contribution in [1.82, 2.24) is 0 Å². The van der Waals surface area contributed by atoms with Gasteiger partial charge in [-0.2, -0.15) is 0 Å². The predicted octanol–water partition coefficient (Wildman–Crippen LogP) is 1.15. The Labute approximate surface area is 39.1 Å². The van der Waals surface area contributed by atoms with Crippen LogP contribution in [0.4, 0.5) is 0 Å². The van der Waals surface area contributed by atoms with Gasteiger partial charge >= 0.3 is 0 Å². The summed E-state index contributed by atoms with van der Waals surface area (Å²) >= 11 is 0. The highest BCUT2D eigenvalue weighted by atomic mass is 16.1. The van der Waals surface area contributed by atoms with Crippen molar-refractivity contribution in [2.45, 2.75) is 13.3 Å². The lowest BCUT2D eigenvalue weighted by atomic mass is 10.4. The number of aldehydes is 1. The molecule has 0 radical (unpaired) electrons. The summed E-state index contributed by atoms with van der Waals surface area (Å²) in [7, 11) is 0. The van der Waals surface area contributed by atoms with Crippen molar-refractivity contribution >= 4 is 6.29 Å². The minimum Gasteiger partial charge on any atom is -0.299 e. The molecule has 6 heavy (non-hydrogen) atoms. The maximum atomic E-state index is 9.64. The van der Waals surface area contributed by atoms with Crippen molar-refractivity contribution in [2.75, 3.05) is 0 Å². The third kappa shape index (κ3) is 3.41. The second-order valence-corrected chi connectivity index (χ2v) is 0.897. The molecule has 0 N–H and O–H groups in total. The first-order valence-corrected chi connectivity index (χ1v) is 1.93. The smallest absolute Gasteiger partial charge is 0.142 e. The molecule has 0 aliphatic heterocycles. The van der Waals surface area contributed by atoms with Gasteiger partial charge in [0, 0.05) is 0 Å². The predicted molar refractivity (Wildman–Crippen MR) is 25.5 cm³/mol. The molecule has 34 valence electrons. The summed E-state index contributed by atoms with van der Waals surface area (Å²) in [5.41, 5.74) is 0. The Morgan fingerprint density at radius 1 is 2.00 bits per heavy atom. The molecule has 1 nitrogen and oxygen atoms in total. The minimum absolute atomic E-state index is 0.0718. The molecule has 0 fully saturated rings. The van der Waals surface area contributed by atoms with Crippen molar-refractivity contribution in [1.29, 1.82) is 0 Å². The van der Waals surface area contributed by atoms with Crippen LogP contribution in [0.1, 0.15) is 14.7 Å². The van der Waals surface area contributed by atoms with Gasteiger partial charge in [0.25, 0.3) is 0 Å². The molecule has 0 heterocycles. The topological polar surface area (TPSA) is 17.1 Å². The van der Waals surface area contributed by atoms with Crippen LogP contribution >= 0.6 is 0 Å². The molecule has 0 aromatic carbocycles. The lowest BCUT2D eigenvalue weighted by Crippen LogP contribution is -1.55. The lowest BCUT2D eigenvalue weighted by molar-refractivity contribution is -0.104. The molecule has 0 bridgehead atoms. The van der Waals surface area contributed by atoms with E-state index in [4.69, 9.17) is 1.37 Å². The summed E-state index contributed by atoms with van der Waals surface area (Å²) < 4.78 is 6.71. The highest BCUT2D eigenvalue weighted by Crippen LogP contribution is 1.72. The largest absolute Gasteiger partial charge is 0.299 e. The summed E-state index contributed by atoms with van der Waals surface area (Å²) in [6, 6.07) is 0.0718. The zero-order valence-electron chi connectivity index (χ0n) is 4.77. The Balaban J connectivity index is 3.49. The Kier molecular flexibility index (Phi) is 2.64. The highest BCUT2D eigenvalue weighted by Gasteiger charge is 1.58. The van der Waals surface area contributed by atoms with E-state index in [0.29, 0.717) is 6.29 Å². The van der Waals surface area contributed by atoms with E-state index in [9.17, 15) is 4.79 Å². The van der Waals surface area contributed by atoms with Gasteiger partial charge in [-0.3, -0.25) is 4.79 Å². The standard InChI is InChI=1S/C5H8O/c1-2-3-4-5-6/h3-5H,2H2,1H3/b4-3+/i4D. The molecule has 0 aromatic rings. The van der Waals surface area contributed by atoms with Gasteiger partial charge in [0.2, 0.25) is 0 Å². The second-order valence-electron chi connectivity index (χ2n) is 0.897. The van der Waals surface area contributed by atoms with Crippen LogP contribution < -0.4 is 0 Å². The van der Waals surface area contributed by atoms with E-state index in [1.165, 1.54) is 0 Å². The van der Waals surface area contributed by atoms with Crippen LogP contribution in [0.2, 0.25) is 0 Å². The number of hydrogen-bond acceptors (Lipinski definition) is 1. The average molecular weight is 85.1 g/mol. The Morgan fingerprint density at radius 3 is 2.83 bits per heavy atom. The minimum atomic E-state index is 0.0718. The second kappa shape index (κ2) is 4.41. The van der Waals surface area contributed by atoms with Crippen molar-refractivity contribution in [3.63, 3.8) is 0 Å². The van der Waals surface area contributed by atoms with Gasteiger partial charge in [-0.25, -0.2) is 0 Å². The number of allylic oxidation sites excluding steroid dienone is 2. The molecule has 0 saturated carbocycles. The fraction of sp³-hybridized carbons (Fsp3) is 0.400. The molecule has 0 atom stereocenters. The van der Waals surface area contributed by atoms with Gasteiger partial charge in [0.15, 0.2) is 0 Å². The maximum Gasteiger partial charge on any atom is 0.142 e. The number of rotatable bonds is 2. The summed E-state index contributed by atoms with van der Waals surface area (Å²) in [5, 5.41) is 0. The monoisotopic (exact) mass is 85.1 g/mol. The molecule has 0 rings (SSSR count). The maximum absolute atomic E-state index is 9.64. The number of carbonyl (C=O) groups is 1. The van der Waals surface area contributed by atoms with Crippen LogP contribution in [-0.2, 0) is 4.79 Å². The third-order valence-corrected chi connectivity index (χ3v) is 0.390. The average Bonchev–Trinajstić information content (AvgIpc) is 1.68. The molecule has 0 aliphatic rings. The van der Waals surface area contributed by atoms with Crippen LogP contribution in [0.25, 0.3) is 0 Å². The number of carbonyl (C=O) groups excluding carboxylic acids is 1. The first-order chi connectivity index (χ1) is 3.31. The number of hydrogen-bond donors (Lipinski definition) is 0. The molecule has 0 unspecified atom stereocenters. The van der Waals surface area contributed by atoms with Crippen LogP contribution in [0, 0.1) is 0 Å². The zero-order chi connectivity index (χ0) is 5.70. The van der Waals surface area contributed by atoms with E-state index >= 15 is 0 Å². The first kappa shape index (κ1) is 3.59. The molecule has 0 aliphatic carbocycles. The van der Waals surface area contributed by atoms with E-state index in [-0.39, 0.29) is 6.05 Å². The van der Waals surface area contributed by atoms with E-state index in [1.807, 2.05) is 6.92 Å². The van der Waals surface area contributed by atoms with Crippen LogP contribution in [-0.4, -0.2) is 6.29 Å². The fourth-order valence-electron chi connectivity index (χ4n) is 0.166. The molecule has 0 aromatic heterocycles. The summed E-state index contributed by atoms with van der Waals surface area (Å²) in [6.07, 6.45) is 2.86. The van der Waals surface area contributed by atoms with E-state index in [0.717, 1.165) is 6.42 Å². The normalized spacial score (nSPS) is 13.5. The molecule has 0 saturated heterocycles. The molecular formula is C5H8O. The Hall–Kier alpha value is -0.590. The van der Waals surface area contributed by atoms with E-state index in [2.05, 4.69) is 0 Å². The van der Waals surface area contributed by atoms with Crippen LogP contribution in [0.15, 0.2) is 12.1 Å². The summed E-state index contributed by atoms with van der Waals surface area (Å²) in [4.78, 5) is 9.64. The van der Waals surface area contributed by atoms with Gasteiger partial charge in [-0.15, -0.1) is 0 Å². The Bertz CT molecular complexity index is 86.1. The van der Waals surface area contributed by atoms with Crippen molar-refractivity contribution in [3.8, 4) is 0 Å². The van der Waals surface area contributed by atoms with Crippen molar-refractivity contribution in [2.24, 2.45) is 0 Å². The van der Waals surface area contributed by atoms with Crippen molar-refractivity contribution in [3.05, 3.63) is 12.1 Å². The van der Waals surface area contributed by atoms with Gasteiger partial charge in [-0.05, 0) is 12.5 Å². The molecular weight excluding hydrogens is 76.1 g/mol. The highest BCUT2D eigenvalue weighted by molar-refractivity contribution is 5.64. The summed E-state index contributed by atoms with van der Waals surface area (Å²) in [5.74, 6) is 0.